The molecule has 2 aromatic rings. The average Bonchev–Trinajstić information content (AvgIpc) is 3.17. The van der Waals surface area contributed by atoms with E-state index < -0.39 is 11.6 Å². The summed E-state index contributed by atoms with van der Waals surface area (Å²) in [5, 5.41) is 3.06. The standard InChI is InChI=1S/C17H17F2N3O/c18-10-1-3-12(15(19)7-10)13-8-14(13)17(23)21-11-2-4-16-20-5-6-22(16)9-11/h1,3,5-7,11,13-14H,2,4,8-9H2,(H,21,23)/t11-,13-,14-/m1/s1. The third-order valence-corrected chi connectivity index (χ3v) is 4.77. The molecule has 0 unspecified atom stereocenters. The minimum absolute atomic E-state index is 0.0349. The van der Waals surface area contributed by atoms with Gasteiger partial charge in [0.25, 0.3) is 0 Å². The lowest BCUT2D eigenvalue weighted by molar-refractivity contribution is -0.123. The van der Waals surface area contributed by atoms with Gasteiger partial charge < -0.3 is 9.88 Å². The minimum Gasteiger partial charge on any atom is -0.351 e. The molecule has 0 bridgehead atoms. The average molecular weight is 317 g/mol. The molecule has 1 aromatic carbocycles. The van der Waals surface area contributed by atoms with Crippen molar-refractivity contribution in [3.63, 3.8) is 0 Å². The number of aryl methyl sites for hydroxylation is 1. The second-order valence-corrected chi connectivity index (χ2v) is 6.35. The molecule has 120 valence electrons. The largest absolute Gasteiger partial charge is 0.351 e. The minimum atomic E-state index is -0.591. The number of fused-ring (bicyclic) bond motifs is 1. The van der Waals surface area contributed by atoms with Crippen LogP contribution < -0.4 is 5.32 Å². The number of hydrogen-bond acceptors (Lipinski definition) is 2. The summed E-state index contributed by atoms with van der Waals surface area (Å²) < 4.78 is 28.8. The highest BCUT2D eigenvalue weighted by atomic mass is 19.1. The van der Waals surface area contributed by atoms with Gasteiger partial charge in [0, 0.05) is 43.4 Å². The van der Waals surface area contributed by atoms with Crippen molar-refractivity contribution in [3.8, 4) is 0 Å². The van der Waals surface area contributed by atoms with Crippen molar-refractivity contribution >= 4 is 5.91 Å². The number of carbonyl (C=O) groups excluding carboxylic acids is 1. The maximum atomic E-state index is 13.8. The van der Waals surface area contributed by atoms with Crippen LogP contribution in [-0.4, -0.2) is 21.5 Å². The first-order chi connectivity index (χ1) is 11.1. The van der Waals surface area contributed by atoms with Crippen LogP contribution in [-0.2, 0) is 17.8 Å². The lowest BCUT2D eigenvalue weighted by Gasteiger charge is -2.24. The zero-order valence-corrected chi connectivity index (χ0v) is 12.5. The maximum absolute atomic E-state index is 13.8. The molecule has 1 saturated carbocycles. The van der Waals surface area contributed by atoms with Crippen LogP contribution in [0.15, 0.2) is 30.6 Å². The Morgan fingerprint density at radius 1 is 1.35 bits per heavy atom. The Hall–Kier alpha value is -2.24. The first-order valence-electron chi connectivity index (χ1n) is 7.87. The van der Waals surface area contributed by atoms with Gasteiger partial charge in [0.1, 0.15) is 17.5 Å². The summed E-state index contributed by atoms with van der Waals surface area (Å²) in [6.45, 7) is 0.726. The number of benzene rings is 1. The number of hydrogen-bond donors (Lipinski definition) is 1. The fourth-order valence-corrected chi connectivity index (χ4v) is 3.42. The van der Waals surface area contributed by atoms with Crippen molar-refractivity contribution in [1.29, 1.82) is 0 Å². The topological polar surface area (TPSA) is 46.9 Å². The van der Waals surface area contributed by atoms with Crippen LogP contribution in [0.5, 0.6) is 0 Å². The van der Waals surface area contributed by atoms with Gasteiger partial charge >= 0.3 is 0 Å². The third-order valence-electron chi connectivity index (χ3n) is 4.77. The van der Waals surface area contributed by atoms with Gasteiger partial charge in [0.15, 0.2) is 0 Å². The Labute approximate surface area is 132 Å². The Balaban J connectivity index is 1.38. The van der Waals surface area contributed by atoms with Gasteiger partial charge in [-0.3, -0.25) is 4.79 Å². The number of aromatic nitrogens is 2. The van der Waals surface area contributed by atoms with Crippen LogP contribution in [0.4, 0.5) is 8.78 Å². The molecular weight excluding hydrogens is 300 g/mol. The highest BCUT2D eigenvalue weighted by molar-refractivity contribution is 5.83. The zero-order chi connectivity index (χ0) is 16.0. The molecule has 4 rings (SSSR count). The highest BCUT2D eigenvalue weighted by Gasteiger charge is 2.45. The molecular formula is C17H17F2N3O. The zero-order valence-electron chi connectivity index (χ0n) is 12.5. The molecule has 4 nitrogen and oxygen atoms in total. The lowest BCUT2D eigenvalue weighted by atomic mass is 10.1. The number of amides is 1. The molecule has 23 heavy (non-hydrogen) atoms. The van der Waals surface area contributed by atoms with Crippen LogP contribution in [0.25, 0.3) is 0 Å². The molecule has 1 aromatic heterocycles. The van der Waals surface area contributed by atoms with E-state index in [2.05, 4.69) is 14.9 Å². The molecule has 1 N–H and O–H groups in total. The van der Waals surface area contributed by atoms with E-state index in [0.29, 0.717) is 12.0 Å². The van der Waals surface area contributed by atoms with Crippen LogP contribution in [0.3, 0.4) is 0 Å². The fraction of sp³-hybridized carbons (Fsp3) is 0.412. The van der Waals surface area contributed by atoms with Crippen molar-refractivity contribution in [2.45, 2.75) is 37.8 Å². The Bertz CT molecular complexity index is 758. The predicted octanol–water partition coefficient (Wildman–Crippen LogP) is 2.40. The Morgan fingerprint density at radius 3 is 3.04 bits per heavy atom. The number of rotatable bonds is 3. The maximum Gasteiger partial charge on any atom is 0.224 e. The summed E-state index contributed by atoms with van der Waals surface area (Å²) in [7, 11) is 0. The fourth-order valence-electron chi connectivity index (χ4n) is 3.42. The van der Waals surface area contributed by atoms with E-state index in [0.717, 1.165) is 31.3 Å². The lowest BCUT2D eigenvalue weighted by Crippen LogP contribution is -2.41. The van der Waals surface area contributed by atoms with Crippen LogP contribution >= 0.6 is 0 Å². The van der Waals surface area contributed by atoms with Gasteiger partial charge in [-0.25, -0.2) is 13.8 Å². The van der Waals surface area contributed by atoms with E-state index in [4.69, 9.17) is 0 Å². The van der Waals surface area contributed by atoms with Crippen molar-refractivity contribution in [1.82, 2.24) is 14.9 Å². The summed E-state index contributed by atoms with van der Waals surface area (Å²) in [4.78, 5) is 16.6. The summed E-state index contributed by atoms with van der Waals surface area (Å²) in [5.74, 6) is -0.486. The molecule has 0 saturated heterocycles. The molecule has 3 atom stereocenters. The normalized spacial score (nSPS) is 25.7. The van der Waals surface area contributed by atoms with Crippen molar-refractivity contribution < 1.29 is 13.6 Å². The molecule has 1 fully saturated rings. The van der Waals surface area contributed by atoms with Gasteiger partial charge in [-0.1, -0.05) is 6.07 Å². The van der Waals surface area contributed by atoms with E-state index in [1.54, 1.807) is 6.20 Å². The van der Waals surface area contributed by atoms with Crippen LogP contribution in [0, 0.1) is 17.6 Å². The first-order valence-corrected chi connectivity index (χ1v) is 7.87. The van der Waals surface area contributed by atoms with E-state index >= 15 is 0 Å². The molecule has 1 aliphatic carbocycles. The number of imidazole rings is 1. The van der Waals surface area contributed by atoms with Gasteiger partial charge in [-0.05, 0) is 30.4 Å². The van der Waals surface area contributed by atoms with Crippen LogP contribution in [0.2, 0.25) is 0 Å². The van der Waals surface area contributed by atoms with E-state index in [9.17, 15) is 13.6 Å². The number of nitrogens with one attached hydrogen (secondary N) is 1. The van der Waals surface area contributed by atoms with Gasteiger partial charge in [-0.15, -0.1) is 0 Å². The Morgan fingerprint density at radius 2 is 2.22 bits per heavy atom. The SMILES string of the molecule is O=C(N[C@@H]1CCc2nccn2C1)[C@@H]1C[C@@H]1c1ccc(F)cc1F. The van der Waals surface area contributed by atoms with Gasteiger partial charge in [-0.2, -0.15) is 0 Å². The van der Waals surface area contributed by atoms with E-state index in [1.165, 1.54) is 12.1 Å². The number of carbonyl (C=O) groups is 1. The summed E-state index contributed by atoms with van der Waals surface area (Å²) in [6, 6.07) is 3.65. The summed E-state index contributed by atoms with van der Waals surface area (Å²) >= 11 is 0. The molecule has 1 amide bonds. The highest BCUT2D eigenvalue weighted by Crippen LogP contribution is 2.48. The van der Waals surface area contributed by atoms with Crippen molar-refractivity contribution in [2.75, 3.05) is 0 Å². The summed E-state index contributed by atoms with van der Waals surface area (Å²) in [6.07, 6.45) is 6.02. The number of halogens is 2. The first kappa shape index (κ1) is 14.4. The molecule has 2 aliphatic rings. The monoisotopic (exact) mass is 317 g/mol. The molecule has 1 aliphatic heterocycles. The van der Waals surface area contributed by atoms with Gasteiger partial charge in [0.05, 0.1) is 0 Å². The molecule has 0 radical (unpaired) electrons. The molecule has 6 heteroatoms. The second-order valence-electron chi connectivity index (χ2n) is 6.35. The van der Waals surface area contributed by atoms with E-state index in [1.807, 2.05) is 6.20 Å². The van der Waals surface area contributed by atoms with Crippen molar-refractivity contribution in [2.24, 2.45) is 5.92 Å². The smallest absolute Gasteiger partial charge is 0.224 e. The Kier molecular flexibility index (Phi) is 3.39. The van der Waals surface area contributed by atoms with Gasteiger partial charge in [0.2, 0.25) is 5.91 Å². The predicted molar refractivity (Wildman–Crippen MR) is 79.7 cm³/mol. The third kappa shape index (κ3) is 2.73. The summed E-state index contributed by atoms with van der Waals surface area (Å²) in [5.41, 5.74) is 0.437. The second kappa shape index (κ2) is 5.44. The van der Waals surface area contributed by atoms with E-state index in [-0.39, 0.29) is 23.8 Å². The quantitative estimate of drug-likeness (QED) is 0.945. The molecule has 0 spiro atoms. The van der Waals surface area contributed by atoms with Crippen molar-refractivity contribution in [3.05, 3.63) is 53.6 Å². The molecule has 2 heterocycles. The number of nitrogens with zero attached hydrogens (tertiary/aromatic N) is 2. The van der Waals surface area contributed by atoms with Crippen LogP contribution in [0.1, 0.15) is 30.1 Å².